The van der Waals surface area contributed by atoms with Gasteiger partial charge in [-0.2, -0.15) is 0 Å². The number of rotatable bonds is 3. The van der Waals surface area contributed by atoms with Crippen molar-refractivity contribution in [3.05, 3.63) is 53.7 Å². The number of aliphatic hydroxyl groups is 1. The third-order valence-electron chi connectivity index (χ3n) is 4.77. The van der Waals surface area contributed by atoms with E-state index >= 15 is 0 Å². The fourth-order valence-corrected chi connectivity index (χ4v) is 5.13. The van der Waals surface area contributed by atoms with Crippen LogP contribution in [0.5, 0.6) is 5.75 Å². The minimum absolute atomic E-state index is 0.00583. The van der Waals surface area contributed by atoms with E-state index < -0.39 is 10.0 Å². The molecule has 0 amide bonds. The SMILES string of the molecule is Cc1c[nH]c2c(O)cc3c(c12)C(CO)CN3S(=O)(=O)c1ccccc1. The normalized spacial score (nSPS) is 17.2. The van der Waals surface area contributed by atoms with Gasteiger partial charge >= 0.3 is 0 Å². The molecule has 0 radical (unpaired) electrons. The Bertz CT molecular complexity index is 1060. The van der Waals surface area contributed by atoms with Crippen LogP contribution in [0.25, 0.3) is 10.9 Å². The smallest absolute Gasteiger partial charge is 0.264 e. The zero-order valence-electron chi connectivity index (χ0n) is 13.6. The van der Waals surface area contributed by atoms with Crippen LogP contribution in [-0.4, -0.2) is 36.8 Å². The van der Waals surface area contributed by atoms with Gasteiger partial charge in [0.05, 0.1) is 22.7 Å². The van der Waals surface area contributed by atoms with E-state index in [-0.39, 0.29) is 29.7 Å². The molecular formula is C18H18N2O4S. The Balaban J connectivity index is 1.98. The Morgan fingerprint density at radius 1 is 1.28 bits per heavy atom. The highest BCUT2D eigenvalue weighted by molar-refractivity contribution is 7.92. The first-order valence-electron chi connectivity index (χ1n) is 7.97. The van der Waals surface area contributed by atoms with Crippen molar-refractivity contribution in [3.63, 3.8) is 0 Å². The largest absolute Gasteiger partial charge is 0.506 e. The van der Waals surface area contributed by atoms with Gasteiger partial charge in [0, 0.05) is 30.1 Å². The lowest BCUT2D eigenvalue weighted by atomic mass is 9.96. The number of aromatic nitrogens is 1. The average molecular weight is 358 g/mol. The van der Waals surface area contributed by atoms with E-state index in [1.54, 1.807) is 36.5 Å². The quantitative estimate of drug-likeness (QED) is 0.670. The average Bonchev–Trinajstić information content (AvgIpc) is 3.17. The van der Waals surface area contributed by atoms with E-state index in [0.29, 0.717) is 11.2 Å². The molecule has 25 heavy (non-hydrogen) atoms. The number of phenols is 1. The number of aryl methyl sites for hydroxylation is 1. The number of phenolic OH excluding ortho intramolecular Hbond substituents is 1. The highest BCUT2D eigenvalue weighted by atomic mass is 32.2. The molecule has 130 valence electrons. The van der Waals surface area contributed by atoms with E-state index in [9.17, 15) is 18.6 Å². The molecule has 0 spiro atoms. The van der Waals surface area contributed by atoms with Gasteiger partial charge in [-0.25, -0.2) is 8.42 Å². The maximum Gasteiger partial charge on any atom is 0.264 e. The standard InChI is InChI=1S/C18H18N2O4S/c1-11-8-19-18-15(22)7-14-17(16(11)18)12(10-21)9-20(14)25(23,24)13-5-3-2-4-6-13/h2-8,12,19,21-22H,9-10H2,1H3. The predicted octanol–water partition coefficient (Wildman–Crippen LogP) is 2.47. The van der Waals surface area contributed by atoms with Gasteiger partial charge in [0.15, 0.2) is 0 Å². The van der Waals surface area contributed by atoms with Crippen molar-refractivity contribution in [2.45, 2.75) is 17.7 Å². The minimum atomic E-state index is -3.78. The Labute approximate surface area is 145 Å². The third-order valence-corrected chi connectivity index (χ3v) is 6.56. The number of nitrogens with zero attached hydrogens (tertiary/aromatic N) is 1. The lowest BCUT2D eigenvalue weighted by molar-refractivity contribution is 0.272. The predicted molar refractivity (Wildman–Crippen MR) is 95.5 cm³/mol. The van der Waals surface area contributed by atoms with E-state index in [4.69, 9.17) is 0 Å². The minimum Gasteiger partial charge on any atom is -0.506 e. The highest BCUT2D eigenvalue weighted by Crippen LogP contribution is 2.47. The molecule has 0 aliphatic carbocycles. The Kier molecular flexibility index (Phi) is 3.52. The van der Waals surface area contributed by atoms with Crippen LogP contribution in [0.3, 0.4) is 0 Å². The molecule has 0 fully saturated rings. The maximum atomic E-state index is 13.1. The number of hydrogen-bond donors (Lipinski definition) is 3. The molecule has 1 aliphatic rings. The van der Waals surface area contributed by atoms with E-state index in [0.717, 1.165) is 16.5 Å². The summed E-state index contributed by atoms with van der Waals surface area (Å²) in [7, 11) is -3.78. The summed E-state index contributed by atoms with van der Waals surface area (Å²) in [4.78, 5) is 3.20. The Morgan fingerprint density at radius 3 is 2.68 bits per heavy atom. The number of benzene rings is 2. The molecule has 1 atom stereocenters. The summed E-state index contributed by atoms with van der Waals surface area (Å²) < 4.78 is 27.5. The lowest BCUT2D eigenvalue weighted by Gasteiger charge is -2.20. The number of aliphatic hydroxyl groups excluding tert-OH is 1. The van der Waals surface area contributed by atoms with Crippen molar-refractivity contribution in [1.82, 2.24) is 4.98 Å². The molecule has 6 nitrogen and oxygen atoms in total. The van der Waals surface area contributed by atoms with Gasteiger partial charge in [-0.15, -0.1) is 0 Å². The third kappa shape index (κ3) is 2.23. The zero-order chi connectivity index (χ0) is 17.8. The van der Waals surface area contributed by atoms with Crippen molar-refractivity contribution < 1.29 is 18.6 Å². The van der Waals surface area contributed by atoms with Crippen LogP contribution in [0.4, 0.5) is 5.69 Å². The molecule has 1 unspecified atom stereocenters. The first-order chi connectivity index (χ1) is 11.9. The first kappa shape index (κ1) is 16.0. The fraction of sp³-hybridized carbons (Fsp3) is 0.222. The van der Waals surface area contributed by atoms with Crippen LogP contribution in [0, 0.1) is 6.92 Å². The molecule has 2 aromatic carbocycles. The summed E-state index contributed by atoms with van der Waals surface area (Å²) in [6.07, 6.45) is 1.77. The van der Waals surface area contributed by atoms with Crippen LogP contribution in [0.2, 0.25) is 0 Å². The van der Waals surface area contributed by atoms with Gasteiger partial charge in [0.25, 0.3) is 10.0 Å². The second-order valence-corrected chi connectivity index (χ2v) is 8.14. The summed E-state index contributed by atoms with van der Waals surface area (Å²) in [5.74, 6) is -0.347. The van der Waals surface area contributed by atoms with Gasteiger partial charge in [0.2, 0.25) is 0 Å². The van der Waals surface area contributed by atoms with Crippen molar-refractivity contribution in [2.24, 2.45) is 0 Å². The summed E-state index contributed by atoms with van der Waals surface area (Å²) >= 11 is 0. The number of fused-ring (bicyclic) bond motifs is 3. The molecule has 4 rings (SSSR count). The molecule has 0 saturated carbocycles. The molecule has 3 N–H and O–H groups in total. The number of sulfonamides is 1. The number of anilines is 1. The lowest BCUT2D eigenvalue weighted by Crippen LogP contribution is -2.30. The summed E-state index contributed by atoms with van der Waals surface area (Å²) in [5, 5.41) is 21.0. The molecule has 7 heteroatoms. The van der Waals surface area contributed by atoms with E-state index in [1.807, 2.05) is 6.92 Å². The maximum absolute atomic E-state index is 13.1. The van der Waals surface area contributed by atoms with Crippen molar-refractivity contribution in [3.8, 4) is 5.75 Å². The molecule has 2 heterocycles. The van der Waals surface area contributed by atoms with E-state index in [1.165, 1.54) is 10.4 Å². The number of aromatic amines is 1. The van der Waals surface area contributed by atoms with Crippen LogP contribution in [-0.2, 0) is 10.0 Å². The second kappa shape index (κ2) is 5.50. The monoisotopic (exact) mass is 358 g/mol. The zero-order valence-corrected chi connectivity index (χ0v) is 14.4. The van der Waals surface area contributed by atoms with Gasteiger partial charge in [-0.3, -0.25) is 4.31 Å². The van der Waals surface area contributed by atoms with Crippen LogP contribution in [0.1, 0.15) is 17.0 Å². The molecular weight excluding hydrogens is 340 g/mol. The Hall–Kier alpha value is -2.51. The molecule has 1 aromatic heterocycles. The fourth-order valence-electron chi connectivity index (χ4n) is 3.58. The number of H-pyrrole nitrogens is 1. The van der Waals surface area contributed by atoms with Crippen molar-refractivity contribution >= 4 is 26.6 Å². The highest BCUT2D eigenvalue weighted by Gasteiger charge is 2.38. The first-order valence-corrected chi connectivity index (χ1v) is 9.41. The Morgan fingerprint density at radius 2 is 2.00 bits per heavy atom. The summed E-state index contributed by atoms with van der Waals surface area (Å²) in [6, 6.07) is 9.65. The van der Waals surface area contributed by atoms with Gasteiger partial charge in [-0.05, 0) is 30.2 Å². The van der Waals surface area contributed by atoms with Crippen LogP contribution >= 0.6 is 0 Å². The van der Waals surface area contributed by atoms with Crippen molar-refractivity contribution in [2.75, 3.05) is 17.5 Å². The molecule has 0 saturated heterocycles. The summed E-state index contributed by atoms with van der Waals surface area (Å²) in [5.41, 5.74) is 2.65. The molecule has 1 aliphatic heterocycles. The van der Waals surface area contributed by atoms with Crippen LogP contribution < -0.4 is 4.31 Å². The van der Waals surface area contributed by atoms with Gasteiger partial charge in [-0.1, -0.05) is 18.2 Å². The number of nitrogens with one attached hydrogen (secondary N) is 1. The number of hydrogen-bond acceptors (Lipinski definition) is 4. The van der Waals surface area contributed by atoms with Gasteiger partial charge < -0.3 is 15.2 Å². The van der Waals surface area contributed by atoms with Crippen LogP contribution in [0.15, 0.2) is 47.5 Å². The van der Waals surface area contributed by atoms with Gasteiger partial charge in [0.1, 0.15) is 5.75 Å². The summed E-state index contributed by atoms with van der Waals surface area (Å²) in [6.45, 7) is 1.87. The van der Waals surface area contributed by atoms with E-state index in [2.05, 4.69) is 4.98 Å². The molecule has 3 aromatic rings. The van der Waals surface area contributed by atoms with Crippen molar-refractivity contribution in [1.29, 1.82) is 0 Å². The molecule has 0 bridgehead atoms. The second-order valence-electron chi connectivity index (χ2n) is 6.28. The number of aromatic hydroxyl groups is 1. The topological polar surface area (TPSA) is 93.6 Å².